The summed E-state index contributed by atoms with van der Waals surface area (Å²) in [6.07, 6.45) is 1.07. The molecule has 0 bridgehead atoms. The van der Waals surface area contributed by atoms with Crippen molar-refractivity contribution >= 4 is 11.8 Å². The topological polar surface area (TPSA) is 76.7 Å². The van der Waals surface area contributed by atoms with Gasteiger partial charge in [-0.2, -0.15) is 0 Å². The van der Waals surface area contributed by atoms with Gasteiger partial charge in [0.15, 0.2) is 0 Å². The van der Waals surface area contributed by atoms with E-state index >= 15 is 0 Å². The lowest BCUT2D eigenvalue weighted by Crippen LogP contribution is -2.33. The molecule has 0 aliphatic carbocycles. The number of carbonyl (C=O) groups is 2. The highest BCUT2D eigenvalue weighted by Crippen LogP contribution is 2.08. The SMILES string of the molecule is COCCOCCCNC(=O)C1CNC(=O)C1. The fraction of sp³-hybridized carbons (Fsp3) is 0.818. The summed E-state index contributed by atoms with van der Waals surface area (Å²) in [5.74, 6) is -0.315. The Labute approximate surface area is 101 Å². The molecule has 2 N–H and O–H groups in total. The molecule has 2 amide bonds. The number of carbonyl (C=O) groups excluding carboxylic acids is 2. The largest absolute Gasteiger partial charge is 0.382 e. The Morgan fingerprint density at radius 1 is 1.47 bits per heavy atom. The molecule has 1 saturated heterocycles. The van der Waals surface area contributed by atoms with E-state index in [1.807, 2.05) is 0 Å². The van der Waals surface area contributed by atoms with Gasteiger partial charge in [0.1, 0.15) is 0 Å². The molecule has 0 radical (unpaired) electrons. The molecule has 0 aromatic carbocycles. The van der Waals surface area contributed by atoms with Crippen molar-refractivity contribution < 1.29 is 19.1 Å². The molecular weight excluding hydrogens is 224 g/mol. The zero-order valence-corrected chi connectivity index (χ0v) is 10.2. The van der Waals surface area contributed by atoms with Crippen LogP contribution in [0.5, 0.6) is 0 Å². The van der Waals surface area contributed by atoms with Crippen LogP contribution in [0.25, 0.3) is 0 Å². The van der Waals surface area contributed by atoms with Gasteiger partial charge in [-0.1, -0.05) is 0 Å². The minimum absolute atomic E-state index is 0.0481. The molecule has 0 aromatic rings. The van der Waals surface area contributed by atoms with Gasteiger partial charge >= 0.3 is 0 Å². The average molecular weight is 244 g/mol. The summed E-state index contributed by atoms with van der Waals surface area (Å²) in [6.45, 7) is 2.80. The number of ether oxygens (including phenoxy) is 2. The van der Waals surface area contributed by atoms with Gasteiger partial charge < -0.3 is 20.1 Å². The Kier molecular flexibility index (Phi) is 6.57. The van der Waals surface area contributed by atoms with Gasteiger partial charge in [0.2, 0.25) is 11.8 Å². The molecule has 17 heavy (non-hydrogen) atoms. The third-order valence-electron chi connectivity index (χ3n) is 2.54. The van der Waals surface area contributed by atoms with Gasteiger partial charge in [-0.05, 0) is 6.42 Å². The molecular formula is C11H20N2O4. The van der Waals surface area contributed by atoms with Crippen LogP contribution in [-0.4, -0.2) is 51.8 Å². The van der Waals surface area contributed by atoms with E-state index in [1.165, 1.54) is 0 Å². The fourth-order valence-corrected chi connectivity index (χ4v) is 1.57. The van der Waals surface area contributed by atoms with Crippen molar-refractivity contribution in [1.29, 1.82) is 0 Å². The molecule has 98 valence electrons. The van der Waals surface area contributed by atoms with E-state index in [4.69, 9.17) is 9.47 Å². The van der Waals surface area contributed by atoms with E-state index in [0.29, 0.717) is 39.3 Å². The molecule has 0 saturated carbocycles. The first-order chi connectivity index (χ1) is 8.24. The van der Waals surface area contributed by atoms with Gasteiger partial charge in [0.25, 0.3) is 0 Å². The summed E-state index contributed by atoms with van der Waals surface area (Å²) in [5.41, 5.74) is 0. The predicted molar refractivity (Wildman–Crippen MR) is 61.4 cm³/mol. The van der Waals surface area contributed by atoms with Crippen molar-refractivity contribution in [2.45, 2.75) is 12.8 Å². The normalized spacial score (nSPS) is 19.1. The lowest BCUT2D eigenvalue weighted by Gasteiger charge is -2.09. The molecule has 1 heterocycles. The maximum atomic E-state index is 11.6. The van der Waals surface area contributed by atoms with Crippen molar-refractivity contribution in [3.05, 3.63) is 0 Å². The molecule has 1 unspecified atom stereocenters. The predicted octanol–water partition coefficient (Wildman–Crippen LogP) is -0.708. The highest BCUT2D eigenvalue weighted by atomic mass is 16.5. The smallest absolute Gasteiger partial charge is 0.225 e. The van der Waals surface area contributed by atoms with Crippen molar-refractivity contribution in [2.24, 2.45) is 5.92 Å². The van der Waals surface area contributed by atoms with Gasteiger partial charge in [-0.3, -0.25) is 9.59 Å². The number of amides is 2. The Morgan fingerprint density at radius 3 is 2.94 bits per heavy atom. The zero-order valence-electron chi connectivity index (χ0n) is 10.2. The monoisotopic (exact) mass is 244 g/mol. The van der Waals surface area contributed by atoms with E-state index < -0.39 is 0 Å². The molecule has 0 aromatic heterocycles. The van der Waals surface area contributed by atoms with Crippen molar-refractivity contribution in [3.63, 3.8) is 0 Å². The summed E-state index contributed by atoms with van der Waals surface area (Å²) >= 11 is 0. The Balaban J connectivity index is 1.95. The van der Waals surface area contributed by atoms with Crippen LogP contribution in [0.4, 0.5) is 0 Å². The molecule has 1 atom stereocenters. The van der Waals surface area contributed by atoms with Gasteiger partial charge in [-0.15, -0.1) is 0 Å². The number of hydrogen-bond donors (Lipinski definition) is 2. The second-order valence-electron chi connectivity index (χ2n) is 3.95. The van der Waals surface area contributed by atoms with Gasteiger partial charge in [0.05, 0.1) is 19.1 Å². The zero-order chi connectivity index (χ0) is 12.5. The first kappa shape index (κ1) is 13.9. The number of methoxy groups -OCH3 is 1. The van der Waals surface area contributed by atoms with Crippen molar-refractivity contribution in [1.82, 2.24) is 10.6 Å². The molecule has 6 nitrogen and oxygen atoms in total. The highest BCUT2D eigenvalue weighted by molar-refractivity contribution is 5.89. The molecule has 1 rings (SSSR count). The number of hydrogen-bond acceptors (Lipinski definition) is 4. The van der Waals surface area contributed by atoms with Crippen molar-refractivity contribution in [3.8, 4) is 0 Å². The standard InChI is InChI=1S/C11H20N2O4/c1-16-5-6-17-4-2-3-12-11(15)9-7-10(14)13-8-9/h9H,2-8H2,1H3,(H,12,15)(H,13,14). The van der Waals surface area contributed by atoms with Gasteiger partial charge in [-0.25, -0.2) is 0 Å². The molecule has 6 heteroatoms. The Bertz CT molecular complexity index is 258. The maximum Gasteiger partial charge on any atom is 0.225 e. The fourth-order valence-electron chi connectivity index (χ4n) is 1.57. The number of rotatable bonds is 8. The Hall–Kier alpha value is -1.14. The first-order valence-corrected chi connectivity index (χ1v) is 5.85. The minimum Gasteiger partial charge on any atom is -0.382 e. The summed E-state index contributed by atoms with van der Waals surface area (Å²) in [7, 11) is 1.63. The van der Waals surface area contributed by atoms with E-state index in [2.05, 4.69) is 10.6 Å². The Morgan fingerprint density at radius 2 is 2.29 bits per heavy atom. The van der Waals surface area contributed by atoms with E-state index in [1.54, 1.807) is 7.11 Å². The van der Waals surface area contributed by atoms with Crippen LogP contribution < -0.4 is 10.6 Å². The van der Waals surface area contributed by atoms with E-state index in [-0.39, 0.29) is 17.7 Å². The van der Waals surface area contributed by atoms with Gasteiger partial charge in [0, 0.05) is 33.2 Å². The van der Waals surface area contributed by atoms with Crippen LogP contribution in [0.1, 0.15) is 12.8 Å². The average Bonchev–Trinajstić information content (AvgIpc) is 2.74. The van der Waals surface area contributed by atoms with Crippen LogP contribution in [0.2, 0.25) is 0 Å². The minimum atomic E-state index is -0.211. The van der Waals surface area contributed by atoms with Crippen LogP contribution in [0.3, 0.4) is 0 Å². The molecule has 1 fully saturated rings. The quantitative estimate of drug-likeness (QED) is 0.553. The third-order valence-corrected chi connectivity index (χ3v) is 2.54. The lowest BCUT2D eigenvalue weighted by molar-refractivity contribution is -0.126. The van der Waals surface area contributed by atoms with Crippen LogP contribution in [-0.2, 0) is 19.1 Å². The lowest BCUT2D eigenvalue weighted by atomic mass is 10.1. The molecule has 1 aliphatic heterocycles. The second-order valence-corrected chi connectivity index (χ2v) is 3.95. The van der Waals surface area contributed by atoms with E-state index in [0.717, 1.165) is 6.42 Å². The molecule has 0 spiro atoms. The highest BCUT2D eigenvalue weighted by Gasteiger charge is 2.27. The third kappa shape index (κ3) is 5.65. The summed E-state index contributed by atoms with van der Waals surface area (Å²) < 4.78 is 10.1. The summed E-state index contributed by atoms with van der Waals surface area (Å²) in [5, 5.41) is 5.43. The second kappa shape index (κ2) is 8.03. The van der Waals surface area contributed by atoms with Crippen molar-refractivity contribution in [2.75, 3.05) is 40.0 Å². The van der Waals surface area contributed by atoms with Crippen LogP contribution in [0, 0.1) is 5.92 Å². The van der Waals surface area contributed by atoms with E-state index in [9.17, 15) is 9.59 Å². The summed E-state index contributed by atoms with van der Waals surface area (Å²) in [4.78, 5) is 22.5. The first-order valence-electron chi connectivity index (χ1n) is 5.85. The maximum absolute atomic E-state index is 11.6. The molecule has 1 aliphatic rings. The van der Waals surface area contributed by atoms with Crippen LogP contribution in [0.15, 0.2) is 0 Å². The summed E-state index contributed by atoms with van der Waals surface area (Å²) in [6, 6.07) is 0. The van der Waals surface area contributed by atoms with Crippen LogP contribution >= 0.6 is 0 Å². The number of nitrogens with one attached hydrogen (secondary N) is 2.